The number of nitrogens with zero attached hydrogens (tertiary/aromatic N) is 3. The lowest BCUT2D eigenvalue weighted by molar-refractivity contribution is 0.670. The highest BCUT2D eigenvalue weighted by atomic mass is 28.3. The Bertz CT molecular complexity index is 1770. The van der Waals surface area contributed by atoms with Crippen LogP contribution in [0.3, 0.4) is 0 Å². The molecule has 2 heterocycles. The molecule has 6 rings (SSSR count). The van der Waals surface area contributed by atoms with Gasteiger partial charge in [-0.3, -0.25) is 0 Å². The Balaban J connectivity index is 1.42. The van der Waals surface area contributed by atoms with Crippen molar-refractivity contribution < 1.29 is 7.16 Å². The quantitative estimate of drug-likeness (QED) is 0.252. The molecule has 170 valence electrons. The first kappa shape index (κ1) is 19.2. The SMILES string of the molecule is [2H]c1nnc(-c2cccc3c2oc2c(-c4ccc(-c5ccc([Si](C)(C)C)cc5)cc4)cccc23)nc1[2H]. The van der Waals surface area contributed by atoms with Crippen molar-refractivity contribution in [3.8, 4) is 33.6 Å². The molecule has 0 amide bonds. The molecule has 6 aromatic rings. The molecule has 2 aromatic heterocycles. The monoisotopic (exact) mass is 473 g/mol. The van der Waals surface area contributed by atoms with Gasteiger partial charge >= 0.3 is 0 Å². The van der Waals surface area contributed by atoms with E-state index in [0.717, 1.165) is 27.5 Å². The van der Waals surface area contributed by atoms with Gasteiger partial charge in [0.1, 0.15) is 11.2 Å². The van der Waals surface area contributed by atoms with Crippen LogP contribution in [0.1, 0.15) is 2.74 Å². The molecule has 5 heteroatoms. The molecule has 0 N–H and O–H groups in total. The number of hydrogen-bond donors (Lipinski definition) is 0. The third-order valence-electron chi connectivity index (χ3n) is 6.45. The summed E-state index contributed by atoms with van der Waals surface area (Å²) in [6, 6.07) is 29.5. The van der Waals surface area contributed by atoms with Crippen molar-refractivity contribution in [1.82, 2.24) is 15.2 Å². The highest BCUT2D eigenvalue weighted by Gasteiger charge is 2.17. The lowest BCUT2D eigenvalue weighted by atomic mass is 9.98. The lowest BCUT2D eigenvalue weighted by Gasteiger charge is -2.16. The van der Waals surface area contributed by atoms with Gasteiger partial charge in [0.05, 0.1) is 22.6 Å². The molecule has 0 fully saturated rings. The van der Waals surface area contributed by atoms with E-state index in [1.54, 1.807) is 0 Å². The second-order valence-corrected chi connectivity index (χ2v) is 14.8. The summed E-state index contributed by atoms with van der Waals surface area (Å²) in [5.74, 6) is 0.275. The maximum Gasteiger partial charge on any atom is 0.185 e. The standard InChI is InChI=1S/C30H25N3OSi/c1-35(2,3)23-16-14-21(15-17-23)20-10-12-22(13-11-20)24-6-4-7-25-26-8-5-9-27(29(26)34-28(24)25)30-31-18-19-32-33-30/h4-19H,1-3H3/i18D,19D. The second kappa shape index (κ2) is 8.29. The number of aromatic nitrogens is 3. The zero-order chi connectivity index (χ0) is 25.7. The molecule has 0 aliphatic rings. The molecule has 0 spiro atoms. The number of para-hydroxylation sites is 2. The molecular formula is C30H25N3OSi. The van der Waals surface area contributed by atoms with E-state index < -0.39 is 8.07 Å². The highest BCUT2D eigenvalue weighted by Crippen LogP contribution is 2.39. The van der Waals surface area contributed by atoms with Crippen molar-refractivity contribution in [2.24, 2.45) is 0 Å². The molecule has 0 radical (unpaired) electrons. The minimum atomic E-state index is -1.32. The molecule has 35 heavy (non-hydrogen) atoms. The Morgan fingerprint density at radius 2 is 1.23 bits per heavy atom. The lowest BCUT2D eigenvalue weighted by Crippen LogP contribution is -2.37. The van der Waals surface area contributed by atoms with Gasteiger partial charge in [-0.2, -0.15) is 5.10 Å². The van der Waals surface area contributed by atoms with Crippen LogP contribution in [0, 0.1) is 0 Å². The molecule has 0 saturated heterocycles. The summed E-state index contributed by atoms with van der Waals surface area (Å²) in [7, 11) is -1.32. The predicted molar refractivity (Wildman–Crippen MR) is 146 cm³/mol. The highest BCUT2D eigenvalue weighted by molar-refractivity contribution is 6.88. The van der Waals surface area contributed by atoms with Crippen LogP contribution in [-0.2, 0) is 0 Å². The Morgan fingerprint density at radius 1 is 0.657 bits per heavy atom. The first-order valence-electron chi connectivity index (χ1n) is 12.6. The topological polar surface area (TPSA) is 51.8 Å². The molecule has 0 aliphatic carbocycles. The normalized spacial score (nSPS) is 12.7. The van der Waals surface area contributed by atoms with Crippen molar-refractivity contribution in [2.75, 3.05) is 0 Å². The van der Waals surface area contributed by atoms with E-state index in [1.807, 2.05) is 30.3 Å². The summed E-state index contributed by atoms with van der Waals surface area (Å²) in [5.41, 5.74) is 6.54. The van der Waals surface area contributed by atoms with E-state index in [0.29, 0.717) is 11.1 Å². The van der Waals surface area contributed by atoms with Gasteiger partial charge in [-0.1, -0.05) is 104 Å². The van der Waals surface area contributed by atoms with Gasteiger partial charge in [-0.15, -0.1) is 5.10 Å². The van der Waals surface area contributed by atoms with Crippen molar-refractivity contribution in [3.05, 3.63) is 97.3 Å². The van der Waals surface area contributed by atoms with Crippen molar-refractivity contribution in [3.63, 3.8) is 0 Å². The second-order valence-electron chi connectivity index (χ2n) is 9.73. The summed E-state index contributed by atoms with van der Waals surface area (Å²) in [5, 5.41) is 11.2. The minimum Gasteiger partial charge on any atom is -0.455 e. The molecule has 0 aliphatic heterocycles. The number of fused-ring (bicyclic) bond motifs is 3. The third-order valence-corrected chi connectivity index (χ3v) is 8.52. The van der Waals surface area contributed by atoms with E-state index in [9.17, 15) is 0 Å². The Kier molecular flexibility index (Phi) is 4.56. The van der Waals surface area contributed by atoms with E-state index >= 15 is 0 Å². The van der Waals surface area contributed by atoms with Crippen LogP contribution in [0.4, 0.5) is 0 Å². The maximum atomic E-state index is 7.86. The smallest absolute Gasteiger partial charge is 0.185 e. The Morgan fingerprint density at radius 3 is 1.86 bits per heavy atom. The van der Waals surface area contributed by atoms with Crippen LogP contribution < -0.4 is 5.19 Å². The third kappa shape index (κ3) is 3.84. The number of rotatable bonds is 4. The van der Waals surface area contributed by atoms with Crippen molar-refractivity contribution in [2.45, 2.75) is 19.6 Å². The van der Waals surface area contributed by atoms with Crippen LogP contribution in [0.2, 0.25) is 19.6 Å². The number of furan rings is 1. The van der Waals surface area contributed by atoms with E-state index in [2.05, 4.69) is 89.4 Å². The zero-order valence-corrected chi connectivity index (χ0v) is 20.8. The van der Waals surface area contributed by atoms with Crippen LogP contribution in [0.25, 0.3) is 55.6 Å². The van der Waals surface area contributed by atoms with Crippen LogP contribution in [-0.4, -0.2) is 23.3 Å². The predicted octanol–water partition coefficient (Wildman–Crippen LogP) is 7.32. The minimum absolute atomic E-state index is 0.214. The van der Waals surface area contributed by atoms with Crippen LogP contribution in [0.5, 0.6) is 0 Å². The maximum absolute atomic E-state index is 7.86. The average molecular weight is 474 g/mol. The van der Waals surface area contributed by atoms with Crippen molar-refractivity contribution >= 4 is 35.2 Å². The van der Waals surface area contributed by atoms with Gasteiger partial charge in [0, 0.05) is 22.5 Å². The largest absolute Gasteiger partial charge is 0.455 e. The summed E-state index contributed by atoms with van der Waals surface area (Å²) in [6.07, 6.45) is -0.465. The van der Waals surface area contributed by atoms with Gasteiger partial charge in [-0.05, 0) is 22.8 Å². The molecule has 0 saturated carbocycles. The fourth-order valence-corrected chi connectivity index (χ4v) is 5.70. The molecule has 0 unspecified atom stereocenters. The molecule has 0 bridgehead atoms. The Hall–Kier alpha value is -4.09. The van der Waals surface area contributed by atoms with E-state index in [-0.39, 0.29) is 18.2 Å². The summed E-state index contributed by atoms with van der Waals surface area (Å²) < 4.78 is 21.9. The van der Waals surface area contributed by atoms with Crippen molar-refractivity contribution in [1.29, 1.82) is 0 Å². The first-order chi connectivity index (χ1) is 17.8. The van der Waals surface area contributed by atoms with Crippen LogP contribution in [0.15, 0.2) is 102 Å². The van der Waals surface area contributed by atoms with Gasteiger partial charge < -0.3 is 4.42 Å². The molecular weight excluding hydrogens is 446 g/mol. The molecule has 4 aromatic carbocycles. The zero-order valence-electron chi connectivity index (χ0n) is 21.8. The van der Waals surface area contributed by atoms with E-state index in [4.69, 9.17) is 7.16 Å². The molecule has 0 atom stereocenters. The van der Waals surface area contributed by atoms with Gasteiger partial charge in [0.2, 0.25) is 0 Å². The first-order valence-corrected chi connectivity index (χ1v) is 15.1. The van der Waals surface area contributed by atoms with E-state index in [1.165, 1.54) is 16.3 Å². The molecule has 4 nitrogen and oxygen atoms in total. The average Bonchev–Trinajstić information content (AvgIpc) is 3.29. The fourth-order valence-electron chi connectivity index (χ4n) is 4.54. The number of hydrogen-bond acceptors (Lipinski definition) is 4. The van der Waals surface area contributed by atoms with Gasteiger partial charge in [0.25, 0.3) is 0 Å². The fraction of sp³-hybridized carbons (Fsp3) is 0.100. The van der Waals surface area contributed by atoms with Gasteiger partial charge in [-0.25, -0.2) is 4.98 Å². The summed E-state index contributed by atoms with van der Waals surface area (Å²) in [6.45, 7) is 7.09. The summed E-state index contributed by atoms with van der Waals surface area (Å²) in [4.78, 5) is 4.15. The Labute approximate surface area is 208 Å². The van der Waals surface area contributed by atoms with Crippen LogP contribution >= 0.6 is 0 Å². The number of benzene rings is 4. The van der Waals surface area contributed by atoms with Gasteiger partial charge in [0.15, 0.2) is 5.82 Å². The summed E-state index contributed by atoms with van der Waals surface area (Å²) >= 11 is 0.